The minimum absolute atomic E-state index is 0.277. The van der Waals surface area contributed by atoms with E-state index in [1.165, 1.54) is 0 Å². The zero-order valence-electron chi connectivity index (χ0n) is 9.90. The number of rotatable bonds is 3. The number of hydrogen-bond acceptors (Lipinski definition) is 3. The molecule has 90 valence electrons. The predicted octanol–water partition coefficient (Wildman–Crippen LogP) is 2.10. The molecule has 2 aromatic rings. The summed E-state index contributed by atoms with van der Waals surface area (Å²) in [6.45, 7) is 2.00. The molecule has 1 aromatic carbocycles. The van der Waals surface area contributed by atoms with Crippen molar-refractivity contribution in [2.75, 3.05) is 5.32 Å². The second-order valence-corrected chi connectivity index (χ2v) is 3.78. The Morgan fingerprint density at radius 2 is 2.33 bits per heavy atom. The van der Waals surface area contributed by atoms with Crippen LogP contribution in [0.15, 0.2) is 30.3 Å². The van der Waals surface area contributed by atoms with Gasteiger partial charge in [0, 0.05) is 17.3 Å². The summed E-state index contributed by atoms with van der Waals surface area (Å²) < 4.78 is 0. The van der Waals surface area contributed by atoms with Crippen molar-refractivity contribution in [3.05, 3.63) is 47.2 Å². The Bertz CT molecular complexity index is 609. The third kappa shape index (κ3) is 2.55. The number of nitrogens with one attached hydrogen (secondary N) is 2. The summed E-state index contributed by atoms with van der Waals surface area (Å²) in [4.78, 5) is 11.9. The van der Waals surface area contributed by atoms with Crippen LogP contribution >= 0.6 is 0 Å². The standard InChI is InChI=1S/C13H12N4O/c1-2-11-7-12(17-16-11)15-13(18)10-5-3-4-9(6-10)8-14/h3-7H,2H2,1H3,(H2,15,16,17,18). The van der Waals surface area contributed by atoms with Crippen molar-refractivity contribution in [3.63, 3.8) is 0 Å². The molecule has 5 nitrogen and oxygen atoms in total. The number of nitriles is 1. The summed E-state index contributed by atoms with van der Waals surface area (Å²) in [6, 6.07) is 10.3. The molecule has 0 atom stereocenters. The van der Waals surface area contributed by atoms with E-state index in [9.17, 15) is 4.79 Å². The average Bonchev–Trinajstić information content (AvgIpc) is 2.86. The van der Waals surface area contributed by atoms with Crippen LogP contribution in [-0.4, -0.2) is 16.1 Å². The topological polar surface area (TPSA) is 81.6 Å². The molecule has 0 saturated heterocycles. The first-order chi connectivity index (χ1) is 8.72. The second kappa shape index (κ2) is 5.15. The van der Waals surface area contributed by atoms with Crippen LogP contribution in [0.5, 0.6) is 0 Å². The second-order valence-electron chi connectivity index (χ2n) is 3.78. The summed E-state index contributed by atoms with van der Waals surface area (Å²) >= 11 is 0. The molecule has 1 aromatic heterocycles. The van der Waals surface area contributed by atoms with Gasteiger partial charge in [-0.3, -0.25) is 9.89 Å². The van der Waals surface area contributed by atoms with Crippen LogP contribution in [0.2, 0.25) is 0 Å². The van der Waals surface area contributed by atoms with Crippen LogP contribution in [-0.2, 0) is 6.42 Å². The van der Waals surface area contributed by atoms with Gasteiger partial charge in [-0.15, -0.1) is 0 Å². The molecule has 5 heteroatoms. The minimum Gasteiger partial charge on any atom is -0.305 e. The average molecular weight is 240 g/mol. The molecule has 0 fully saturated rings. The molecule has 0 unspecified atom stereocenters. The van der Waals surface area contributed by atoms with Gasteiger partial charge in [-0.25, -0.2) is 0 Å². The molecule has 0 saturated carbocycles. The van der Waals surface area contributed by atoms with Gasteiger partial charge < -0.3 is 5.32 Å². The van der Waals surface area contributed by atoms with Crippen molar-refractivity contribution in [2.45, 2.75) is 13.3 Å². The fraction of sp³-hybridized carbons (Fsp3) is 0.154. The van der Waals surface area contributed by atoms with Crippen LogP contribution < -0.4 is 5.32 Å². The predicted molar refractivity (Wildman–Crippen MR) is 67.1 cm³/mol. The van der Waals surface area contributed by atoms with Gasteiger partial charge in [-0.1, -0.05) is 13.0 Å². The van der Waals surface area contributed by atoms with E-state index in [1.54, 1.807) is 30.3 Å². The van der Waals surface area contributed by atoms with E-state index in [-0.39, 0.29) is 5.91 Å². The van der Waals surface area contributed by atoms with Crippen molar-refractivity contribution in [2.24, 2.45) is 0 Å². The van der Waals surface area contributed by atoms with Gasteiger partial charge in [0.05, 0.1) is 11.6 Å². The summed E-state index contributed by atoms with van der Waals surface area (Å²) in [6.07, 6.45) is 0.826. The lowest BCUT2D eigenvalue weighted by atomic mass is 10.1. The number of amides is 1. The van der Waals surface area contributed by atoms with E-state index in [1.807, 2.05) is 13.0 Å². The number of benzene rings is 1. The first-order valence-corrected chi connectivity index (χ1v) is 5.58. The molecule has 0 spiro atoms. The smallest absolute Gasteiger partial charge is 0.256 e. The zero-order chi connectivity index (χ0) is 13.0. The van der Waals surface area contributed by atoms with E-state index in [0.717, 1.165) is 12.1 Å². The van der Waals surface area contributed by atoms with Gasteiger partial charge in [0.1, 0.15) is 0 Å². The number of aryl methyl sites for hydroxylation is 1. The Kier molecular flexibility index (Phi) is 3.39. The number of hydrogen-bond donors (Lipinski definition) is 2. The van der Waals surface area contributed by atoms with Crippen LogP contribution in [0.3, 0.4) is 0 Å². The van der Waals surface area contributed by atoms with Crippen LogP contribution in [0, 0.1) is 11.3 Å². The van der Waals surface area contributed by atoms with Crippen LogP contribution in [0.25, 0.3) is 0 Å². The Balaban J connectivity index is 2.14. The largest absolute Gasteiger partial charge is 0.305 e. The third-order valence-corrected chi connectivity index (χ3v) is 2.51. The molecule has 18 heavy (non-hydrogen) atoms. The minimum atomic E-state index is -0.277. The van der Waals surface area contributed by atoms with E-state index in [2.05, 4.69) is 15.5 Å². The normalized spacial score (nSPS) is 9.78. The number of carbonyl (C=O) groups excluding carboxylic acids is 1. The SMILES string of the molecule is CCc1cc(NC(=O)c2cccc(C#N)c2)n[nH]1. The highest BCUT2D eigenvalue weighted by Gasteiger charge is 2.08. The van der Waals surface area contributed by atoms with Gasteiger partial charge >= 0.3 is 0 Å². The number of H-pyrrole nitrogens is 1. The Morgan fingerprint density at radius 3 is 3.00 bits per heavy atom. The van der Waals surface area contributed by atoms with E-state index in [0.29, 0.717) is 16.9 Å². The van der Waals surface area contributed by atoms with Gasteiger partial charge in [0.2, 0.25) is 0 Å². The van der Waals surface area contributed by atoms with E-state index < -0.39 is 0 Å². The quantitative estimate of drug-likeness (QED) is 0.861. The Hall–Kier alpha value is -2.61. The molecular weight excluding hydrogens is 228 g/mol. The summed E-state index contributed by atoms with van der Waals surface area (Å²) in [7, 11) is 0. The molecule has 0 aliphatic carbocycles. The molecule has 2 N–H and O–H groups in total. The van der Waals surface area contributed by atoms with Gasteiger partial charge in [-0.2, -0.15) is 10.4 Å². The van der Waals surface area contributed by atoms with E-state index in [4.69, 9.17) is 5.26 Å². The summed E-state index contributed by atoms with van der Waals surface area (Å²) in [5.41, 5.74) is 1.85. The fourth-order valence-corrected chi connectivity index (χ4v) is 1.53. The molecule has 2 rings (SSSR count). The van der Waals surface area contributed by atoms with Crippen molar-refractivity contribution in [1.82, 2.24) is 10.2 Å². The summed E-state index contributed by atoms with van der Waals surface area (Å²) in [5, 5.41) is 18.2. The van der Waals surface area contributed by atoms with Gasteiger partial charge in [0.15, 0.2) is 5.82 Å². The molecule has 0 radical (unpaired) electrons. The third-order valence-electron chi connectivity index (χ3n) is 2.51. The lowest BCUT2D eigenvalue weighted by Gasteiger charge is -2.01. The van der Waals surface area contributed by atoms with Gasteiger partial charge in [0.25, 0.3) is 5.91 Å². The number of anilines is 1. The summed E-state index contributed by atoms with van der Waals surface area (Å²) in [5.74, 6) is 0.209. The maximum absolute atomic E-state index is 11.9. The molecular formula is C13H12N4O. The lowest BCUT2D eigenvalue weighted by Crippen LogP contribution is -2.12. The Morgan fingerprint density at radius 1 is 1.50 bits per heavy atom. The Labute approximate surface area is 104 Å². The molecule has 1 heterocycles. The van der Waals surface area contributed by atoms with Crippen molar-refractivity contribution in [1.29, 1.82) is 5.26 Å². The molecule has 1 amide bonds. The molecule has 0 aliphatic rings. The number of aromatic nitrogens is 2. The van der Waals surface area contributed by atoms with Crippen LogP contribution in [0.4, 0.5) is 5.82 Å². The van der Waals surface area contributed by atoms with Crippen molar-refractivity contribution in [3.8, 4) is 6.07 Å². The van der Waals surface area contributed by atoms with Crippen LogP contribution in [0.1, 0.15) is 28.5 Å². The van der Waals surface area contributed by atoms with E-state index >= 15 is 0 Å². The first-order valence-electron chi connectivity index (χ1n) is 5.58. The maximum Gasteiger partial charge on any atom is 0.256 e. The first kappa shape index (κ1) is 11.9. The van der Waals surface area contributed by atoms with Gasteiger partial charge in [-0.05, 0) is 24.6 Å². The highest BCUT2D eigenvalue weighted by molar-refractivity contribution is 6.03. The number of nitrogens with zero attached hydrogens (tertiary/aromatic N) is 2. The fourth-order valence-electron chi connectivity index (χ4n) is 1.53. The molecule has 0 bridgehead atoms. The maximum atomic E-state index is 11.9. The zero-order valence-corrected chi connectivity index (χ0v) is 9.90. The lowest BCUT2D eigenvalue weighted by molar-refractivity contribution is 0.102. The highest BCUT2D eigenvalue weighted by atomic mass is 16.1. The number of carbonyl (C=O) groups is 1. The van der Waals surface area contributed by atoms with Crippen molar-refractivity contribution < 1.29 is 4.79 Å². The monoisotopic (exact) mass is 240 g/mol. The molecule has 0 aliphatic heterocycles. The number of aromatic amines is 1. The highest BCUT2D eigenvalue weighted by Crippen LogP contribution is 2.09. The van der Waals surface area contributed by atoms with Crippen molar-refractivity contribution >= 4 is 11.7 Å².